The van der Waals surface area contributed by atoms with Crippen molar-refractivity contribution in [1.29, 1.82) is 0 Å². The van der Waals surface area contributed by atoms with Crippen LogP contribution in [0, 0.1) is 0 Å². The van der Waals surface area contributed by atoms with E-state index in [2.05, 4.69) is 0 Å². The number of Topliss-reactive ketones (excluding diaryl/α,β-unsaturated/α-hetero) is 1. The van der Waals surface area contributed by atoms with E-state index in [1.165, 1.54) is 0 Å². The van der Waals surface area contributed by atoms with E-state index >= 15 is 0 Å². The molecule has 0 saturated heterocycles. The first-order valence-electron chi connectivity index (χ1n) is 6.60. The number of hydrogen-bond donors (Lipinski definition) is 0. The molecule has 0 spiro atoms. The van der Waals surface area contributed by atoms with Gasteiger partial charge in [-0.1, -0.05) is 36.4 Å². The van der Waals surface area contributed by atoms with E-state index in [1.807, 2.05) is 31.1 Å². The lowest BCUT2D eigenvalue weighted by Gasteiger charge is -2.13. The molecule has 0 radical (unpaired) electrons. The van der Waals surface area contributed by atoms with Gasteiger partial charge in [-0.15, -0.1) is 0 Å². The second kappa shape index (κ2) is 6.70. The van der Waals surface area contributed by atoms with Gasteiger partial charge in [0.25, 0.3) is 0 Å². The van der Waals surface area contributed by atoms with Crippen LogP contribution in [0.1, 0.15) is 20.7 Å². The number of hydrogen-bond acceptors (Lipinski definition) is 4. The molecule has 4 nitrogen and oxygen atoms in total. The van der Waals surface area contributed by atoms with Gasteiger partial charge in [0.2, 0.25) is 0 Å². The van der Waals surface area contributed by atoms with Crippen molar-refractivity contribution in [3.8, 4) is 0 Å². The lowest BCUT2D eigenvalue weighted by atomic mass is 10.1. The molecule has 0 saturated carbocycles. The first-order chi connectivity index (χ1) is 10.1. The Bertz CT molecular complexity index is 635. The fourth-order valence-corrected chi connectivity index (χ4v) is 1.83. The molecule has 0 aliphatic carbocycles. The number of ketones is 1. The zero-order valence-electron chi connectivity index (χ0n) is 12.1. The number of carbonyl (C=O) groups is 2. The SMILES string of the molecule is CN(C)c1cccc(C(=O)OCC(=O)c2ccccc2)c1. The van der Waals surface area contributed by atoms with E-state index in [4.69, 9.17) is 4.74 Å². The van der Waals surface area contributed by atoms with Gasteiger partial charge in [-0.25, -0.2) is 4.79 Å². The minimum Gasteiger partial charge on any atom is -0.454 e. The van der Waals surface area contributed by atoms with Gasteiger partial charge in [-0.05, 0) is 18.2 Å². The molecular formula is C17H17NO3. The van der Waals surface area contributed by atoms with Crippen molar-refractivity contribution in [3.05, 3.63) is 65.7 Å². The van der Waals surface area contributed by atoms with Crippen LogP contribution in [-0.2, 0) is 4.74 Å². The molecule has 2 rings (SSSR count). The minimum absolute atomic E-state index is 0.215. The zero-order chi connectivity index (χ0) is 15.2. The van der Waals surface area contributed by atoms with E-state index < -0.39 is 5.97 Å². The molecule has 2 aromatic carbocycles. The number of esters is 1. The second-order valence-corrected chi connectivity index (χ2v) is 4.81. The molecule has 0 aromatic heterocycles. The van der Waals surface area contributed by atoms with Crippen molar-refractivity contribution in [2.45, 2.75) is 0 Å². The van der Waals surface area contributed by atoms with Gasteiger partial charge in [0.05, 0.1) is 5.56 Å². The molecule has 108 valence electrons. The second-order valence-electron chi connectivity index (χ2n) is 4.81. The van der Waals surface area contributed by atoms with Crippen LogP contribution < -0.4 is 4.90 Å². The van der Waals surface area contributed by atoms with E-state index in [0.29, 0.717) is 11.1 Å². The Hall–Kier alpha value is -2.62. The Morgan fingerprint density at radius 1 is 0.952 bits per heavy atom. The third-order valence-corrected chi connectivity index (χ3v) is 3.03. The fraction of sp³-hybridized carbons (Fsp3) is 0.176. The molecular weight excluding hydrogens is 266 g/mol. The summed E-state index contributed by atoms with van der Waals surface area (Å²) >= 11 is 0. The zero-order valence-corrected chi connectivity index (χ0v) is 12.1. The topological polar surface area (TPSA) is 46.6 Å². The third-order valence-electron chi connectivity index (χ3n) is 3.03. The summed E-state index contributed by atoms with van der Waals surface area (Å²) in [4.78, 5) is 25.7. The predicted molar refractivity (Wildman–Crippen MR) is 81.8 cm³/mol. The van der Waals surface area contributed by atoms with Crippen LogP contribution in [0.25, 0.3) is 0 Å². The molecule has 0 atom stereocenters. The Labute approximate surface area is 124 Å². The largest absolute Gasteiger partial charge is 0.454 e. The summed E-state index contributed by atoms with van der Waals surface area (Å²) in [5.41, 5.74) is 1.87. The summed E-state index contributed by atoms with van der Waals surface area (Å²) in [5.74, 6) is -0.712. The van der Waals surface area contributed by atoms with Gasteiger partial charge >= 0.3 is 5.97 Å². The Morgan fingerprint density at radius 2 is 1.62 bits per heavy atom. The van der Waals surface area contributed by atoms with Crippen LogP contribution in [0.3, 0.4) is 0 Å². The highest BCUT2D eigenvalue weighted by atomic mass is 16.5. The lowest BCUT2D eigenvalue weighted by molar-refractivity contribution is 0.0475. The van der Waals surface area contributed by atoms with Crippen LogP contribution in [0.5, 0.6) is 0 Å². The Kier molecular flexibility index (Phi) is 4.72. The maximum absolute atomic E-state index is 12.0. The number of nitrogens with zero attached hydrogens (tertiary/aromatic N) is 1. The average Bonchev–Trinajstić information content (AvgIpc) is 2.53. The standard InChI is InChI=1S/C17H17NO3/c1-18(2)15-10-6-9-14(11-15)17(20)21-12-16(19)13-7-4-3-5-8-13/h3-11H,12H2,1-2H3. The molecule has 0 aliphatic heterocycles. The van der Waals surface area contributed by atoms with Crippen LogP contribution in [0.15, 0.2) is 54.6 Å². The van der Waals surface area contributed by atoms with Gasteiger partial charge < -0.3 is 9.64 Å². The van der Waals surface area contributed by atoms with Crippen LogP contribution in [0.2, 0.25) is 0 Å². The van der Waals surface area contributed by atoms with Crippen LogP contribution >= 0.6 is 0 Å². The summed E-state index contributed by atoms with van der Waals surface area (Å²) in [6, 6.07) is 15.8. The van der Waals surface area contributed by atoms with Gasteiger partial charge in [-0.2, -0.15) is 0 Å². The molecule has 0 fully saturated rings. The number of rotatable bonds is 5. The minimum atomic E-state index is -0.497. The molecule has 0 bridgehead atoms. The van der Waals surface area contributed by atoms with Gasteiger partial charge in [0, 0.05) is 25.3 Å². The molecule has 0 aliphatic rings. The van der Waals surface area contributed by atoms with E-state index in [-0.39, 0.29) is 12.4 Å². The Balaban J connectivity index is 1.99. The number of benzene rings is 2. The maximum Gasteiger partial charge on any atom is 0.338 e. The summed E-state index contributed by atoms with van der Waals surface area (Å²) in [6.45, 7) is -0.255. The molecule has 0 N–H and O–H groups in total. The summed E-state index contributed by atoms with van der Waals surface area (Å²) < 4.78 is 5.07. The highest BCUT2D eigenvalue weighted by Gasteiger charge is 2.12. The van der Waals surface area contributed by atoms with Crippen molar-refractivity contribution >= 4 is 17.4 Å². The Morgan fingerprint density at radius 3 is 2.29 bits per heavy atom. The predicted octanol–water partition coefficient (Wildman–Crippen LogP) is 2.79. The quantitative estimate of drug-likeness (QED) is 0.625. The average molecular weight is 283 g/mol. The highest BCUT2D eigenvalue weighted by Crippen LogP contribution is 2.14. The van der Waals surface area contributed by atoms with Gasteiger partial charge in [0.15, 0.2) is 12.4 Å². The summed E-state index contributed by atoms with van der Waals surface area (Å²) in [5, 5.41) is 0. The smallest absolute Gasteiger partial charge is 0.338 e. The normalized spacial score (nSPS) is 10.0. The van der Waals surface area contributed by atoms with Crippen LogP contribution in [0.4, 0.5) is 5.69 Å². The van der Waals surface area contributed by atoms with Crippen molar-refractivity contribution in [3.63, 3.8) is 0 Å². The number of ether oxygens (including phenoxy) is 1. The van der Waals surface area contributed by atoms with Crippen molar-refractivity contribution in [2.75, 3.05) is 25.6 Å². The molecule has 0 amide bonds. The summed E-state index contributed by atoms with van der Waals surface area (Å²) in [6.07, 6.45) is 0. The van der Waals surface area contributed by atoms with Crippen molar-refractivity contribution < 1.29 is 14.3 Å². The van der Waals surface area contributed by atoms with E-state index in [0.717, 1.165) is 5.69 Å². The molecule has 21 heavy (non-hydrogen) atoms. The maximum atomic E-state index is 12.0. The molecule has 0 heterocycles. The molecule has 0 unspecified atom stereocenters. The molecule has 4 heteroatoms. The van der Waals surface area contributed by atoms with Crippen LogP contribution in [-0.4, -0.2) is 32.5 Å². The lowest BCUT2D eigenvalue weighted by Crippen LogP contribution is -2.15. The monoisotopic (exact) mass is 283 g/mol. The van der Waals surface area contributed by atoms with Gasteiger partial charge in [-0.3, -0.25) is 4.79 Å². The first kappa shape index (κ1) is 14.8. The van der Waals surface area contributed by atoms with Crippen molar-refractivity contribution in [2.24, 2.45) is 0 Å². The molecule has 2 aromatic rings. The number of anilines is 1. The first-order valence-corrected chi connectivity index (χ1v) is 6.60. The fourth-order valence-electron chi connectivity index (χ4n) is 1.83. The van der Waals surface area contributed by atoms with Gasteiger partial charge in [0.1, 0.15) is 0 Å². The number of carbonyl (C=O) groups excluding carboxylic acids is 2. The van der Waals surface area contributed by atoms with E-state index in [1.54, 1.807) is 42.5 Å². The third kappa shape index (κ3) is 3.92. The van der Waals surface area contributed by atoms with Crippen molar-refractivity contribution in [1.82, 2.24) is 0 Å². The highest BCUT2D eigenvalue weighted by molar-refractivity contribution is 5.99. The summed E-state index contributed by atoms with van der Waals surface area (Å²) in [7, 11) is 3.78. The van der Waals surface area contributed by atoms with E-state index in [9.17, 15) is 9.59 Å².